The molecule has 0 atom stereocenters. The van der Waals surface area contributed by atoms with Crippen molar-refractivity contribution >= 4 is 54.9 Å². The first-order valence-electron chi connectivity index (χ1n) is 10.8. The molecule has 0 saturated heterocycles. The number of benzene rings is 2. The normalized spacial score (nSPS) is 11.3. The average molecular weight is 581 g/mol. The molecular weight excluding hydrogens is 554 g/mol. The molecule has 0 radical (unpaired) electrons. The van der Waals surface area contributed by atoms with Crippen molar-refractivity contribution in [2.24, 2.45) is 5.92 Å². The Bertz CT molecular complexity index is 1260. The molecule has 1 aromatic heterocycles. The number of furan rings is 1. The van der Waals surface area contributed by atoms with Gasteiger partial charge in [0, 0.05) is 11.3 Å². The predicted octanol–water partition coefficient (Wildman–Crippen LogP) is 5.07. The van der Waals surface area contributed by atoms with E-state index in [2.05, 4.69) is 45.1 Å². The van der Waals surface area contributed by atoms with Crippen molar-refractivity contribution < 1.29 is 22.4 Å². The quantitative estimate of drug-likeness (QED) is 0.287. The van der Waals surface area contributed by atoms with Gasteiger partial charge in [0.25, 0.3) is 5.91 Å². The van der Waals surface area contributed by atoms with Crippen LogP contribution in [0.3, 0.4) is 0 Å². The first-order chi connectivity index (χ1) is 16.6. The number of rotatable bonds is 10. The molecule has 0 saturated carbocycles. The van der Waals surface area contributed by atoms with E-state index in [4.69, 9.17) is 21.4 Å². The van der Waals surface area contributed by atoms with Crippen molar-refractivity contribution in [1.29, 1.82) is 0 Å². The molecule has 8 nitrogen and oxygen atoms in total. The Hall–Kier alpha value is -2.73. The summed E-state index contributed by atoms with van der Waals surface area (Å²) in [5.74, 6) is 1.32. The van der Waals surface area contributed by atoms with Crippen LogP contribution < -0.4 is 20.1 Å². The van der Waals surface area contributed by atoms with Crippen LogP contribution in [0, 0.1) is 5.92 Å². The van der Waals surface area contributed by atoms with E-state index in [0.29, 0.717) is 39.8 Å². The maximum absolute atomic E-state index is 12.6. The fraction of sp³-hybridized carbons (Fsp3) is 0.250. The van der Waals surface area contributed by atoms with Crippen LogP contribution in [0.4, 0.5) is 5.69 Å². The maximum atomic E-state index is 12.6. The minimum Gasteiger partial charge on any atom is -0.492 e. The van der Waals surface area contributed by atoms with E-state index in [1.807, 2.05) is 0 Å². The summed E-state index contributed by atoms with van der Waals surface area (Å²) >= 11 is 8.66. The van der Waals surface area contributed by atoms with E-state index in [1.54, 1.807) is 42.5 Å². The third kappa shape index (κ3) is 8.17. The van der Waals surface area contributed by atoms with Crippen molar-refractivity contribution in [3.05, 3.63) is 76.7 Å². The van der Waals surface area contributed by atoms with E-state index in [-0.39, 0.29) is 16.6 Å². The number of ether oxygens (including phenoxy) is 1. The van der Waals surface area contributed by atoms with Crippen LogP contribution in [0.25, 0.3) is 0 Å². The Morgan fingerprint density at radius 2 is 1.89 bits per heavy atom. The van der Waals surface area contributed by atoms with E-state index in [0.717, 1.165) is 6.42 Å². The van der Waals surface area contributed by atoms with Crippen molar-refractivity contribution in [1.82, 2.24) is 10.0 Å². The summed E-state index contributed by atoms with van der Waals surface area (Å²) in [6, 6.07) is 14.4. The lowest BCUT2D eigenvalue weighted by molar-refractivity contribution is 0.0977. The van der Waals surface area contributed by atoms with E-state index >= 15 is 0 Å². The van der Waals surface area contributed by atoms with E-state index in [9.17, 15) is 13.2 Å². The molecule has 1 amide bonds. The van der Waals surface area contributed by atoms with E-state index in [1.165, 1.54) is 18.4 Å². The molecule has 0 aliphatic rings. The molecule has 0 aliphatic heterocycles. The van der Waals surface area contributed by atoms with Gasteiger partial charge in [-0.05, 0) is 95.1 Å². The summed E-state index contributed by atoms with van der Waals surface area (Å²) in [6.07, 6.45) is 2.41. The van der Waals surface area contributed by atoms with Crippen LogP contribution in [0.5, 0.6) is 5.75 Å². The molecule has 2 aromatic carbocycles. The van der Waals surface area contributed by atoms with Crippen LogP contribution >= 0.6 is 28.1 Å². The number of nitrogens with one attached hydrogen (secondary N) is 3. The number of carbonyl (C=O) groups excluding carboxylic acids is 1. The first-order valence-corrected chi connectivity index (χ1v) is 13.5. The van der Waals surface area contributed by atoms with Gasteiger partial charge in [-0.25, -0.2) is 13.1 Å². The van der Waals surface area contributed by atoms with Crippen LogP contribution in [-0.2, 0) is 16.6 Å². The zero-order valence-electron chi connectivity index (χ0n) is 19.2. The molecule has 0 fully saturated rings. The van der Waals surface area contributed by atoms with Crippen molar-refractivity contribution in [2.75, 3.05) is 11.9 Å². The third-order valence-corrected chi connectivity index (χ3v) is 7.05. The molecule has 1 heterocycles. The molecule has 3 rings (SSSR count). The zero-order valence-corrected chi connectivity index (χ0v) is 22.4. The molecule has 0 spiro atoms. The molecule has 11 heteroatoms. The van der Waals surface area contributed by atoms with E-state index < -0.39 is 15.9 Å². The minimum absolute atomic E-state index is 0.0482. The number of thiocarbonyl (C=S) groups is 1. The van der Waals surface area contributed by atoms with Crippen LogP contribution in [-0.4, -0.2) is 26.0 Å². The second kappa shape index (κ2) is 12.3. The summed E-state index contributed by atoms with van der Waals surface area (Å²) in [4.78, 5) is 12.7. The Morgan fingerprint density at radius 3 is 2.51 bits per heavy atom. The monoisotopic (exact) mass is 579 g/mol. The average Bonchev–Trinajstić information content (AvgIpc) is 3.33. The zero-order chi connectivity index (χ0) is 25.4. The molecular formula is C24H26BrN3O5S2. The maximum Gasteiger partial charge on any atom is 0.257 e. The SMILES string of the molecule is CC(C)CCOc1ccc(C(=O)NC(=S)Nc2ccc(S(=O)(=O)NCc3ccco3)cc2)cc1Br. The highest BCUT2D eigenvalue weighted by atomic mass is 79.9. The standard InChI is InChI=1S/C24H26BrN3O5S2/c1-16(2)11-13-33-22-10-5-17(14-21(22)25)23(29)28-24(34)27-18-6-8-20(9-7-18)35(30,31)26-15-19-4-3-12-32-19/h3-10,12,14,16,26H,11,13,15H2,1-2H3,(H2,27,28,29,34). The number of halogens is 1. The first kappa shape index (κ1) is 26.9. The lowest BCUT2D eigenvalue weighted by Crippen LogP contribution is -2.34. The number of sulfonamides is 1. The molecule has 35 heavy (non-hydrogen) atoms. The van der Waals surface area contributed by atoms with Crippen molar-refractivity contribution in [3.63, 3.8) is 0 Å². The molecule has 3 aromatic rings. The number of hydrogen-bond acceptors (Lipinski definition) is 6. The van der Waals surface area contributed by atoms with Crippen molar-refractivity contribution in [3.8, 4) is 5.75 Å². The Morgan fingerprint density at radius 1 is 1.14 bits per heavy atom. The lowest BCUT2D eigenvalue weighted by atomic mass is 10.1. The summed E-state index contributed by atoms with van der Waals surface area (Å²) in [5, 5.41) is 5.56. The van der Waals surface area contributed by atoms with Gasteiger partial charge in [-0.1, -0.05) is 13.8 Å². The smallest absolute Gasteiger partial charge is 0.257 e. The van der Waals surface area contributed by atoms with Crippen LogP contribution in [0.2, 0.25) is 0 Å². The highest BCUT2D eigenvalue weighted by molar-refractivity contribution is 9.10. The van der Waals surface area contributed by atoms with Gasteiger partial charge < -0.3 is 14.5 Å². The Labute approximate surface area is 218 Å². The van der Waals surface area contributed by atoms with Crippen LogP contribution in [0.1, 0.15) is 36.4 Å². The number of carbonyl (C=O) groups is 1. The number of anilines is 1. The Balaban J connectivity index is 1.53. The highest BCUT2D eigenvalue weighted by Crippen LogP contribution is 2.26. The van der Waals surface area contributed by atoms with Gasteiger partial charge in [0.05, 0.1) is 28.8 Å². The fourth-order valence-corrected chi connectivity index (χ4v) is 4.58. The fourth-order valence-electron chi connectivity index (χ4n) is 2.88. The summed E-state index contributed by atoms with van der Waals surface area (Å²) in [6.45, 7) is 4.89. The second-order valence-electron chi connectivity index (χ2n) is 8.01. The molecule has 0 aliphatic carbocycles. The van der Waals surface area contributed by atoms with Gasteiger partial charge in [-0.2, -0.15) is 0 Å². The highest BCUT2D eigenvalue weighted by Gasteiger charge is 2.15. The second-order valence-corrected chi connectivity index (χ2v) is 11.0. The van der Waals surface area contributed by atoms with Crippen molar-refractivity contribution in [2.45, 2.75) is 31.7 Å². The lowest BCUT2D eigenvalue weighted by Gasteiger charge is -2.12. The number of amides is 1. The Kier molecular flexibility index (Phi) is 9.44. The van der Waals surface area contributed by atoms with Gasteiger partial charge in [0.15, 0.2) is 5.11 Å². The predicted molar refractivity (Wildman–Crippen MR) is 142 cm³/mol. The topological polar surface area (TPSA) is 110 Å². The third-order valence-electron chi connectivity index (χ3n) is 4.81. The van der Waals surface area contributed by atoms with Gasteiger partial charge in [0.2, 0.25) is 10.0 Å². The van der Waals surface area contributed by atoms with Gasteiger partial charge >= 0.3 is 0 Å². The largest absolute Gasteiger partial charge is 0.492 e. The summed E-state index contributed by atoms with van der Waals surface area (Å²) in [7, 11) is -3.71. The van der Waals surface area contributed by atoms with Gasteiger partial charge in [0.1, 0.15) is 11.5 Å². The minimum atomic E-state index is -3.71. The summed E-state index contributed by atoms with van der Waals surface area (Å²) in [5.41, 5.74) is 0.927. The number of hydrogen-bond donors (Lipinski definition) is 3. The molecule has 3 N–H and O–H groups in total. The molecule has 0 bridgehead atoms. The van der Waals surface area contributed by atoms with Gasteiger partial charge in [-0.15, -0.1) is 0 Å². The van der Waals surface area contributed by atoms with Gasteiger partial charge in [-0.3, -0.25) is 10.1 Å². The summed E-state index contributed by atoms with van der Waals surface area (Å²) < 4.78 is 38.9. The molecule has 0 unspecified atom stereocenters. The van der Waals surface area contributed by atoms with Crippen LogP contribution in [0.15, 0.2) is 74.6 Å². The molecule has 186 valence electrons.